The molecule has 2 aliphatic heterocycles. The number of anilines is 1. The number of halogens is 3. The van der Waals surface area contributed by atoms with Crippen LogP contribution in [-0.4, -0.2) is 89.3 Å². The van der Waals surface area contributed by atoms with Crippen molar-refractivity contribution in [3.8, 4) is 17.3 Å². The van der Waals surface area contributed by atoms with E-state index in [4.69, 9.17) is 16.3 Å². The molecule has 2 atom stereocenters. The Morgan fingerprint density at radius 3 is 2.60 bits per heavy atom. The third-order valence-electron chi connectivity index (χ3n) is 8.08. The molecule has 0 radical (unpaired) electrons. The molecule has 4 heterocycles. The van der Waals surface area contributed by atoms with Gasteiger partial charge in [0.2, 0.25) is 5.91 Å². The Balaban J connectivity index is 1.25. The third-order valence-corrected chi connectivity index (χ3v) is 8.40. The number of benzene rings is 2. The number of pyridine rings is 1. The van der Waals surface area contributed by atoms with E-state index in [1.54, 1.807) is 29.3 Å². The summed E-state index contributed by atoms with van der Waals surface area (Å²) < 4.78 is 35.1. The molecule has 2 aromatic heterocycles. The summed E-state index contributed by atoms with van der Waals surface area (Å²) >= 11 is 6.51. The first kappa shape index (κ1) is 28.2. The van der Waals surface area contributed by atoms with Crippen molar-refractivity contribution in [1.82, 2.24) is 24.8 Å². The Kier molecular flexibility index (Phi) is 7.92. The summed E-state index contributed by atoms with van der Waals surface area (Å²) in [4.78, 5) is 32.1. The fourth-order valence-corrected chi connectivity index (χ4v) is 6.02. The normalized spacial score (nSPS) is 18.8. The van der Waals surface area contributed by atoms with Gasteiger partial charge in [0, 0.05) is 73.6 Å². The van der Waals surface area contributed by atoms with E-state index in [0.29, 0.717) is 72.9 Å². The van der Waals surface area contributed by atoms with E-state index >= 15 is 4.39 Å². The number of nitrogens with zero attached hydrogens (tertiary/aromatic N) is 6. The van der Waals surface area contributed by atoms with Gasteiger partial charge in [-0.25, -0.2) is 8.78 Å². The molecule has 0 aliphatic carbocycles. The van der Waals surface area contributed by atoms with Crippen LogP contribution in [-0.2, 0) is 4.79 Å². The lowest BCUT2D eigenvalue weighted by molar-refractivity contribution is -0.126. The van der Waals surface area contributed by atoms with Crippen molar-refractivity contribution in [2.75, 3.05) is 51.3 Å². The monoisotopic (exact) mass is 592 g/mol. The van der Waals surface area contributed by atoms with Gasteiger partial charge < -0.3 is 14.5 Å². The van der Waals surface area contributed by atoms with Crippen molar-refractivity contribution < 1.29 is 18.3 Å². The minimum Gasteiger partial charge on any atom is -0.467 e. The molecule has 0 bridgehead atoms. The van der Waals surface area contributed by atoms with Gasteiger partial charge in [-0.2, -0.15) is 9.97 Å². The summed E-state index contributed by atoms with van der Waals surface area (Å²) in [5.41, 5.74) is 0.805. The quantitative estimate of drug-likeness (QED) is 0.282. The maximum absolute atomic E-state index is 16.2. The van der Waals surface area contributed by atoms with Gasteiger partial charge in [0.25, 0.3) is 0 Å². The molecule has 6 rings (SSSR count). The highest BCUT2D eigenvalue weighted by atomic mass is 35.5. The molecule has 2 saturated heterocycles. The number of piperazine rings is 1. The summed E-state index contributed by atoms with van der Waals surface area (Å²) in [6.45, 7) is 4.98. The zero-order valence-electron chi connectivity index (χ0n) is 23.4. The van der Waals surface area contributed by atoms with Crippen molar-refractivity contribution in [2.45, 2.75) is 25.6 Å². The number of hydrogen-bond acceptors (Lipinski definition) is 7. The Hall–Kier alpha value is -3.89. The van der Waals surface area contributed by atoms with E-state index < -0.39 is 12.0 Å². The van der Waals surface area contributed by atoms with Gasteiger partial charge in [-0.05, 0) is 24.8 Å². The van der Waals surface area contributed by atoms with Crippen molar-refractivity contribution in [1.29, 1.82) is 0 Å². The van der Waals surface area contributed by atoms with Crippen LogP contribution in [0.15, 0.2) is 54.7 Å². The van der Waals surface area contributed by atoms with Crippen LogP contribution in [0.1, 0.15) is 13.3 Å². The second-order valence-electron chi connectivity index (χ2n) is 10.7. The van der Waals surface area contributed by atoms with E-state index in [9.17, 15) is 9.18 Å². The molecule has 2 aliphatic rings. The number of hydrogen-bond donors (Lipinski definition) is 0. The van der Waals surface area contributed by atoms with E-state index in [-0.39, 0.29) is 29.2 Å². The first-order chi connectivity index (χ1) is 20.3. The van der Waals surface area contributed by atoms with Crippen LogP contribution in [0.5, 0.6) is 6.01 Å². The number of aromatic nitrogens is 3. The van der Waals surface area contributed by atoms with Crippen LogP contribution in [0.4, 0.5) is 14.6 Å². The van der Waals surface area contributed by atoms with Gasteiger partial charge in [0.05, 0.1) is 12.5 Å². The van der Waals surface area contributed by atoms with Crippen LogP contribution >= 0.6 is 11.6 Å². The molecule has 2 fully saturated rings. The number of fused-ring (bicyclic) bond motifs is 2. The van der Waals surface area contributed by atoms with Crippen LogP contribution in [0, 0.1) is 5.82 Å². The summed E-state index contributed by atoms with van der Waals surface area (Å²) in [7, 11) is 1.44. The SMILES string of the molecule is COc1nc(N2CCN(C(=O)/C=C/C(C)N3CCC(F)C3)CC2)c2cnc(-c3cccc4cccc(Cl)c34)c(F)c2n1. The smallest absolute Gasteiger partial charge is 0.318 e. The Morgan fingerprint density at radius 2 is 1.88 bits per heavy atom. The van der Waals surface area contributed by atoms with Gasteiger partial charge in [-0.1, -0.05) is 48.0 Å². The van der Waals surface area contributed by atoms with E-state index in [1.165, 1.54) is 7.11 Å². The third kappa shape index (κ3) is 5.36. The number of carbonyl (C=O) groups is 1. The number of carbonyl (C=O) groups excluding carboxylic acids is 1. The molecule has 4 aromatic rings. The average Bonchev–Trinajstić information content (AvgIpc) is 3.46. The molecule has 1 amide bonds. The van der Waals surface area contributed by atoms with Crippen LogP contribution < -0.4 is 9.64 Å². The predicted molar refractivity (Wildman–Crippen MR) is 160 cm³/mol. The zero-order valence-corrected chi connectivity index (χ0v) is 24.2. The van der Waals surface area contributed by atoms with Crippen molar-refractivity contribution in [3.05, 3.63) is 65.6 Å². The Labute approximate surface area is 247 Å². The Morgan fingerprint density at radius 1 is 1.12 bits per heavy atom. The average molecular weight is 593 g/mol. The lowest BCUT2D eigenvalue weighted by Gasteiger charge is -2.35. The Bertz CT molecular complexity index is 1670. The minimum atomic E-state index is -0.798. The highest BCUT2D eigenvalue weighted by Gasteiger charge is 2.27. The van der Waals surface area contributed by atoms with Gasteiger partial charge >= 0.3 is 6.01 Å². The van der Waals surface area contributed by atoms with E-state index in [0.717, 1.165) is 5.39 Å². The van der Waals surface area contributed by atoms with Crippen molar-refractivity contribution in [2.24, 2.45) is 0 Å². The standard InChI is InChI=1S/C31H31ClF2N6O2/c1-19(40-12-11-21(33)18-40)9-10-25(41)38-13-15-39(16-14-38)30-23-17-35-28(27(34)29(23)36-31(37-30)42-2)22-7-3-5-20-6-4-8-24(32)26(20)22/h3-10,17,19,21H,11-16,18H2,1-2H3/b10-9+. The summed E-state index contributed by atoms with van der Waals surface area (Å²) in [6.07, 6.45) is 4.74. The maximum Gasteiger partial charge on any atom is 0.318 e. The molecule has 218 valence electrons. The molecular formula is C31H31ClF2N6O2. The first-order valence-corrected chi connectivity index (χ1v) is 14.4. The van der Waals surface area contributed by atoms with Crippen molar-refractivity contribution in [3.63, 3.8) is 0 Å². The number of amides is 1. The van der Waals surface area contributed by atoms with Crippen LogP contribution in [0.2, 0.25) is 5.02 Å². The molecule has 0 N–H and O–H groups in total. The fourth-order valence-electron chi connectivity index (χ4n) is 5.73. The molecule has 8 nitrogen and oxygen atoms in total. The zero-order chi connectivity index (χ0) is 29.4. The number of methoxy groups -OCH3 is 1. The fraction of sp³-hybridized carbons (Fsp3) is 0.355. The highest BCUT2D eigenvalue weighted by molar-refractivity contribution is 6.36. The number of likely N-dealkylation sites (tertiary alicyclic amines) is 1. The molecule has 42 heavy (non-hydrogen) atoms. The predicted octanol–water partition coefficient (Wildman–Crippen LogP) is 5.28. The largest absolute Gasteiger partial charge is 0.467 e. The maximum atomic E-state index is 16.2. The lowest BCUT2D eigenvalue weighted by Crippen LogP contribution is -2.48. The number of alkyl halides is 1. The van der Waals surface area contributed by atoms with Crippen LogP contribution in [0.25, 0.3) is 32.9 Å². The second-order valence-corrected chi connectivity index (χ2v) is 11.1. The van der Waals surface area contributed by atoms with Gasteiger partial charge in [-0.3, -0.25) is 14.7 Å². The first-order valence-electron chi connectivity index (χ1n) is 14.0. The second kappa shape index (κ2) is 11.8. The molecule has 0 spiro atoms. The lowest BCUT2D eigenvalue weighted by atomic mass is 10.0. The van der Waals surface area contributed by atoms with E-state index in [2.05, 4.69) is 15.0 Å². The molecule has 2 unspecified atom stereocenters. The molecule has 0 saturated carbocycles. The van der Waals surface area contributed by atoms with E-state index in [1.807, 2.05) is 47.1 Å². The topological polar surface area (TPSA) is 74.7 Å². The van der Waals surface area contributed by atoms with Crippen molar-refractivity contribution >= 4 is 45.0 Å². The molecule has 2 aromatic carbocycles. The minimum absolute atomic E-state index is 0.00646. The molecular weight excluding hydrogens is 562 g/mol. The van der Waals surface area contributed by atoms with Gasteiger partial charge in [-0.15, -0.1) is 0 Å². The van der Waals surface area contributed by atoms with Gasteiger partial charge in [0.15, 0.2) is 5.82 Å². The summed E-state index contributed by atoms with van der Waals surface area (Å²) in [5.74, 6) is -0.183. The highest BCUT2D eigenvalue weighted by Crippen LogP contribution is 2.37. The molecule has 11 heteroatoms. The van der Waals surface area contributed by atoms with Gasteiger partial charge in [0.1, 0.15) is 23.2 Å². The number of ether oxygens (including phenoxy) is 1. The summed E-state index contributed by atoms with van der Waals surface area (Å²) in [6, 6.07) is 11.1. The number of rotatable bonds is 6. The summed E-state index contributed by atoms with van der Waals surface area (Å²) in [5, 5.41) is 2.55. The van der Waals surface area contributed by atoms with Crippen LogP contribution in [0.3, 0.4) is 0 Å².